The van der Waals surface area contributed by atoms with E-state index in [0.29, 0.717) is 12.5 Å². The van der Waals surface area contributed by atoms with Crippen molar-refractivity contribution in [2.75, 3.05) is 20.3 Å². The van der Waals surface area contributed by atoms with Gasteiger partial charge in [0.15, 0.2) is 0 Å². The van der Waals surface area contributed by atoms with Crippen LogP contribution in [0.1, 0.15) is 25.3 Å². The summed E-state index contributed by atoms with van der Waals surface area (Å²) in [5.41, 5.74) is 0.613. The molecule has 0 aromatic heterocycles. The van der Waals surface area contributed by atoms with Gasteiger partial charge in [-0.1, -0.05) is 12.1 Å². The van der Waals surface area contributed by atoms with E-state index in [1.807, 2.05) is 31.2 Å². The average molecular weight is 292 g/mol. The SMILES string of the molecule is COc1cccc(CCNC(=O)NC(C)(CO)C2CC2)c1. The largest absolute Gasteiger partial charge is 0.497 e. The van der Waals surface area contributed by atoms with Crippen LogP contribution < -0.4 is 15.4 Å². The molecule has 1 fully saturated rings. The number of methoxy groups -OCH3 is 1. The summed E-state index contributed by atoms with van der Waals surface area (Å²) in [6, 6.07) is 7.57. The highest BCUT2D eigenvalue weighted by Crippen LogP contribution is 2.39. The fourth-order valence-electron chi connectivity index (χ4n) is 2.44. The summed E-state index contributed by atoms with van der Waals surface area (Å²) in [4.78, 5) is 11.9. The Balaban J connectivity index is 1.76. The fraction of sp³-hybridized carbons (Fsp3) is 0.562. The van der Waals surface area contributed by atoms with Crippen molar-refractivity contribution in [1.82, 2.24) is 10.6 Å². The summed E-state index contributed by atoms with van der Waals surface area (Å²) in [7, 11) is 1.64. The van der Waals surface area contributed by atoms with Gasteiger partial charge in [-0.25, -0.2) is 4.79 Å². The predicted molar refractivity (Wildman–Crippen MR) is 81.4 cm³/mol. The molecule has 0 aliphatic heterocycles. The molecular weight excluding hydrogens is 268 g/mol. The number of aliphatic hydroxyl groups excluding tert-OH is 1. The van der Waals surface area contributed by atoms with Crippen molar-refractivity contribution >= 4 is 6.03 Å². The van der Waals surface area contributed by atoms with E-state index in [2.05, 4.69) is 10.6 Å². The molecule has 21 heavy (non-hydrogen) atoms. The smallest absolute Gasteiger partial charge is 0.315 e. The molecule has 0 saturated heterocycles. The second kappa shape index (κ2) is 6.80. The van der Waals surface area contributed by atoms with Crippen LogP contribution in [-0.4, -0.2) is 36.9 Å². The van der Waals surface area contributed by atoms with Crippen LogP contribution in [0.25, 0.3) is 0 Å². The minimum atomic E-state index is -0.500. The van der Waals surface area contributed by atoms with Crippen LogP contribution in [0.4, 0.5) is 4.79 Å². The number of carbonyl (C=O) groups is 1. The molecular formula is C16H24N2O3. The van der Waals surface area contributed by atoms with Gasteiger partial charge in [0.05, 0.1) is 19.3 Å². The van der Waals surface area contributed by atoms with E-state index in [9.17, 15) is 9.90 Å². The Kier molecular flexibility index (Phi) is 5.07. The summed E-state index contributed by atoms with van der Waals surface area (Å²) in [5.74, 6) is 1.21. The first kappa shape index (κ1) is 15.6. The highest BCUT2D eigenvalue weighted by molar-refractivity contribution is 5.74. The Hall–Kier alpha value is -1.75. The van der Waals surface area contributed by atoms with Gasteiger partial charge in [0, 0.05) is 6.54 Å². The number of hydrogen-bond acceptors (Lipinski definition) is 3. The summed E-state index contributed by atoms with van der Waals surface area (Å²) in [6.07, 6.45) is 2.88. The van der Waals surface area contributed by atoms with E-state index in [0.717, 1.165) is 30.6 Å². The predicted octanol–water partition coefficient (Wildman–Crippen LogP) is 1.70. The van der Waals surface area contributed by atoms with Gasteiger partial charge >= 0.3 is 6.03 Å². The molecule has 5 nitrogen and oxygen atoms in total. The molecule has 0 bridgehead atoms. The standard InChI is InChI=1S/C16H24N2O3/c1-16(11-19,13-6-7-13)18-15(20)17-9-8-12-4-3-5-14(10-12)21-2/h3-5,10,13,19H,6-9,11H2,1-2H3,(H2,17,18,20). The Morgan fingerprint density at radius 3 is 2.86 bits per heavy atom. The van der Waals surface area contributed by atoms with Gasteiger partial charge in [-0.2, -0.15) is 0 Å². The van der Waals surface area contributed by atoms with Crippen LogP contribution in [0, 0.1) is 5.92 Å². The molecule has 1 aliphatic rings. The van der Waals surface area contributed by atoms with Crippen LogP contribution >= 0.6 is 0 Å². The Morgan fingerprint density at radius 2 is 2.24 bits per heavy atom. The van der Waals surface area contributed by atoms with Gasteiger partial charge < -0.3 is 20.5 Å². The summed E-state index contributed by atoms with van der Waals surface area (Å²) in [6.45, 7) is 2.42. The van der Waals surface area contributed by atoms with E-state index >= 15 is 0 Å². The maximum Gasteiger partial charge on any atom is 0.315 e. The fourth-order valence-corrected chi connectivity index (χ4v) is 2.44. The minimum absolute atomic E-state index is 0.0268. The van der Waals surface area contributed by atoms with Crippen LogP contribution in [0.2, 0.25) is 0 Å². The lowest BCUT2D eigenvalue weighted by Gasteiger charge is -2.28. The van der Waals surface area contributed by atoms with Crippen molar-refractivity contribution in [3.05, 3.63) is 29.8 Å². The van der Waals surface area contributed by atoms with Crippen LogP contribution in [0.5, 0.6) is 5.75 Å². The first-order valence-corrected chi connectivity index (χ1v) is 7.37. The van der Waals surface area contributed by atoms with Gasteiger partial charge in [0.1, 0.15) is 5.75 Å². The van der Waals surface area contributed by atoms with Crippen molar-refractivity contribution in [1.29, 1.82) is 0 Å². The molecule has 0 heterocycles. The molecule has 1 aromatic rings. The number of rotatable bonds is 7. The highest BCUT2D eigenvalue weighted by atomic mass is 16.5. The van der Waals surface area contributed by atoms with Gasteiger partial charge in [0.25, 0.3) is 0 Å². The molecule has 3 N–H and O–H groups in total. The minimum Gasteiger partial charge on any atom is -0.497 e. The van der Waals surface area contributed by atoms with Gasteiger partial charge in [-0.15, -0.1) is 0 Å². The molecule has 5 heteroatoms. The Bertz CT molecular complexity index is 488. The number of nitrogens with one attached hydrogen (secondary N) is 2. The Labute approximate surface area is 125 Å². The van der Waals surface area contributed by atoms with Crippen LogP contribution in [0.15, 0.2) is 24.3 Å². The number of urea groups is 1. The zero-order chi connectivity index (χ0) is 15.3. The molecule has 1 unspecified atom stereocenters. The van der Waals surface area contributed by atoms with Gasteiger partial charge in [0.2, 0.25) is 0 Å². The van der Waals surface area contributed by atoms with Gasteiger partial charge in [-0.3, -0.25) is 0 Å². The number of aliphatic hydroxyl groups is 1. The normalized spacial score (nSPS) is 16.9. The van der Waals surface area contributed by atoms with Crippen LogP contribution in [-0.2, 0) is 6.42 Å². The number of hydrogen-bond donors (Lipinski definition) is 3. The van der Waals surface area contributed by atoms with E-state index in [-0.39, 0.29) is 12.6 Å². The van der Waals surface area contributed by atoms with Crippen molar-refractivity contribution in [3.8, 4) is 5.75 Å². The zero-order valence-corrected chi connectivity index (χ0v) is 12.7. The topological polar surface area (TPSA) is 70.6 Å². The molecule has 1 aromatic carbocycles. The second-order valence-corrected chi connectivity index (χ2v) is 5.83. The molecule has 0 radical (unpaired) electrons. The van der Waals surface area contributed by atoms with Crippen molar-refractivity contribution in [3.63, 3.8) is 0 Å². The summed E-state index contributed by atoms with van der Waals surface area (Å²) in [5, 5.41) is 15.2. The first-order valence-electron chi connectivity index (χ1n) is 7.37. The number of amides is 2. The molecule has 1 atom stereocenters. The number of ether oxygens (including phenoxy) is 1. The third kappa shape index (κ3) is 4.36. The van der Waals surface area contributed by atoms with Crippen molar-refractivity contribution in [2.24, 2.45) is 5.92 Å². The maximum atomic E-state index is 11.9. The maximum absolute atomic E-state index is 11.9. The van der Waals surface area contributed by atoms with E-state index < -0.39 is 5.54 Å². The summed E-state index contributed by atoms with van der Waals surface area (Å²) >= 11 is 0. The number of carbonyl (C=O) groups excluding carboxylic acids is 1. The third-order valence-corrected chi connectivity index (χ3v) is 4.04. The van der Waals surface area contributed by atoms with Gasteiger partial charge in [-0.05, 0) is 49.8 Å². The lowest BCUT2D eigenvalue weighted by atomic mass is 9.97. The van der Waals surface area contributed by atoms with E-state index in [1.54, 1.807) is 7.11 Å². The lowest BCUT2D eigenvalue weighted by Crippen LogP contribution is -2.54. The highest BCUT2D eigenvalue weighted by Gasteiger charge is 2.42. The lowest BCUT2D eigenvalue weighted by molar-refractivity contribution is 0.155. The van der Waals surface area contributed by atoms with Crippen molar-refractivity contribution in [2.45, 2.75) is 31.7 Å². The molecule has 1 saturated carbocycles. The molecule has 116 valence electrons. The van der Waals surface area contributed by atoms with Crippen molar-refractivity contribution < 1.29 is 14.6 Å². The third-order valence-electron chi connectivity index (χ3n) is 4.04. The monoisotopic (exact) mass is 292 g/mol. The molecule has 2 amide bonds. The Morgan fingerprint density at radius 1 is 1.48 bits per heavy atom. The molecule has 1 aliphatic carbocycles. The molecule has 0 spiro atoms. The quantitative estimate of drug-likeness (QED) is 0.716. The zero-order valence-electron chi connectivity index (χ0n) is 12.7. The summed E-state index contributed by atoms with van der Waals surface area (Å²) < 4.78 is 5.17. The number of benzene rings is 1. The van der Waals surface area contributed by atoms with E-state index in [1.165, 1.54) is 0 Å². The molecule has 2 rings (SSSR count). The first-order chi connectivity index (χ1) is 10.1. The average Bonchev–Trinajstić information content (AvgIpc) is 3.32. The van der Waals surface area contributed by atoms with E-state index in [4.69, 9.17) is 4.74 Å². The second-order valence-electron chi connectivity index (χ2n) is 5.83. The van der Waals surface area contributed by atoms with Crippen LogP contribution in [0.3, 0.4) is 0 Å².